The van der Waals surface area contributed by atoms with Crippen molar-refractivity contribution in [2.75, 3.05) is 6.61 Å². The lowest BCUT2D eigenvalue weighted by atomic mass is 9.76. The molecule has 1 aromatic carbocycles. The van der Waals surface area contributed by atoms with Crippen LogP contribution in [0.1, 0.15) is 85.9 Å². The summed E-state index contributed by atoms with van der Waals surface area (Å²) in [5, 5.41) is 10.5. The molecule has 0 heterocycles. The molecule has 0 saturated carbocycles. The molecule has 23 heavy (non-hydrogen) atoms. The fraction of sp³-hybridized carbons (Fsp3) is 0.714. The van der Waals surface area contributed by atoms with Gasteiger partial charge in [-0.1, -0.05) is 55.4 Å². The first kappa shape index (κ1) is 20.0. The minimum atomic E-state index is -0.865. The molecule has 0 aliphatic rings. The molecular weight excluding hydrogens is 284 g/mol. The van der Waals surface area contributed by atoms with Gasteiger partial charge in [0.15, 0.2) is 0 Å². The van der Waals surface area contributed by atoms with Crippen LogP contribution < -0.4 is 4.74 Å². The Balaban J connectivity index is 3.68. The Bertz CT molecular complexity index is 499. The van der Waals surface area contributed by atoms with Crippen molar-refractivity contribution in [2.45, 2.75) is 85.7 Å². The van der Waals surface area contributed by atoms with E-state index >= 15 is 0 Å². The predicted octanol–water partition coefficient (Wildman–Crippen LogP) is 5.54. The third kappa shape index (κ3) is 5.24. The predicted molar refractivity (Wildman–Crippen MR) is 99.4 cm³/mol. The highest BCUT2D eigenvalue weighted by atomic mass is 16.5. The second-order valence-corrected chi connectivity index (χ2v) is 9.66. The van der Waals surface area contributed by atoms with Gasteiger partial charge in [-0.2, -0.15) is 0 Å². The van der Waals surface area contributed by atoms with E-state index < -0.39 is 5.60 Å². The van der Waals surface area contributed by atoms with Gasteiger partial charge in [0.2, 0.25) is 0 Å². The molecule has 0 aromatic heterocycles. The monoisotopic (exact) mass is 320 g/mol. The molecule has 2 heteroatoms. The molecule has 2 nitrogen and oxygen atoms in total. The minimum Gasteiger partial charge on any atom is -0.493 e. The zero-order chi connectivity index (χ0) is 18.2. The number of hydrogen-bond acceptors (Lipinski definition) is 2. The quantitative estimate of drug-likeness (QED) is 0.789. The average Bonchev–Trinajstić information content (AvgIpc) is 2.31. The lowest BCUT2D eigenvalue weighted by Gasteiger charge is -2.33. The summed E-state index contributed by atoms with van der Waals surface area (Å²) in [5.41, 5.74) is 2.33. The topological polar surface area (TPSA) is 29.5 Å². The van der Waals surface area contributed by atoms with Crippen LogP contribution in [0, 0.1) is 5.92 Å². The Morgan fingerprint density at radius 1 is 0.870 bits per heavy atom. The highest BCUT2D eigenvalue weighted by Gasteiger charge is 2.30. The summed E-state index contributed by atoms with van der Waals surface area (Å²) in [6, 6.07) is 4.23. The normalized spacial score (nSPS) is 13.6. The summed E-state index contributed by atoms with van der Waals surface area (Å²) < 4.78 is 6.27. The molecule has 0 aliphatic carbocycles. The molecule has 1 aromatic rings. The van der Waals surface area contributed by atoms with E-state index in [4.69, 9.17) is 4.74 Å². The summed E-state index contributed by atoms with van der Waals surface area (Å²) in [5.74, 6) is 1.47. The van der Waals surface area contributed by atoms with E-state index in [2.05, 4.69) is 67.5 Å². The maximum atomic E-state index is 10.5. The molecule has 0 atom stereocenters. The van der Waals surface area contributed by atoms with Gasteiger partial charge in [0.05, 0.1) is 12.2 Å². The summed E-state index contributed by atoms with van der Waals surface area (Å²) >= 11 is 0. The number of hydrogen-bond donors (Lipinski definition) is 1. The van der Waals surface area contributed by atoms with Crippen LogP contribution in [0.2, 0.25) is 0 Å². The molecule has 0 spiro atoms. The van der Waals surface area contributed by atoms with E-state index in [1.165, 1.54) is 11.1 Å². The third-order valence-electron chi connectivity index (χ3n) is 3.97. The van der Waals surface area contributed by atoms with Crippen LogP contribution in [0.3, 0.4) is 0 Å². The summed E-state index contributed by atoms with van der Waals surface area (Å²) in [4.78, 5) is 0. The maximum Gasteiger partial charge on any atom is 0.126 e. The minimum absolute atomic E-state index is 0.0480. The molecule has 132 valence electrons. The van der Waals surface area contributed by atoms with Crippen molar-refractivity contribution >= 4 is 0 Å². The van der Waals surface area contributed by atoms with Gasteiger partial charge in [-0.05, 0) is 48.3 Å². The fourth-order valence-electron chi connectivity index (χ4n) is 2.50. The lowest BCUT2D eigenvalue weighted by molar-refractivity contribution is 0.0781. The average molecular weight is 321 g/mol. The summed E-state index contributed by atoms with van der Waals surface area (Å²) in [6.45, 7) is 21.9. The van der Waals surface area contributed by atoms with E-state index in [0.717, 1.165) is 11.3 Å². The first-order valence-electron chi connectivity index (χ1n) is 8.68. The number of benzene rings is 1. The molecule has 0 fully saturated rings. The second-order valence-electron chi connectivity index (χ2n) is 9.66. The van der Waals surface area contributed by atoms with Crippen LogP contribution in [0.5, 0.6) is 5.75 Å². The van der Waals surface area contributed by atoms with Crippen molar-refractivity contribution in [3.63, 3.8) is 0 Å². The Morgan fingerprint density at radius 2 is 1.26 bits per heavy atom. The first-order chi connectivity index (χ1) is 10.1. The van der Waals surface area contributed by atoms with Gasteiger partial charge in [-0.25, -0.2) is 0 Å². The van der Waals surface area contributed by atoms with Crippen molar-refractivity contribution in [3.05, 3.63) is 28.8 Å². The van der Waals surface area contributed by atoms with Gasteiger partial charge in [0.25, 0.3) is 0 Å². The van der Waals surface area contributed by atoms with E-state index in [1.807, 2.05) is 13.8 Å². The number of rotatable bonds is 4. The van der Waals surface area contributed by atoms with Crippen molar-refractivity contribution < 1.29 is 9.84 Å². The van der Waals surface area contributed by atoms with E-state index in [-0.39, 0.29) is 10.8 Å². The van der Waals surface area contributed by atoms with Gasteiger partial charge >= 0.3 is 0 Å². The third-order valence-corrected chi connectivity index (χ3v) is 3.97. The molecule has 0 saturated heterocycles. The fourth-order valence-corrected chi connectivity index (χ4v) is 2.50. The van der Waals surface area contributed by atoms with Crippen LogP contribution in [0.25, 0.3) is 0 Å². The number of ether oxygens (including phenoxy) is 1. The van der Waals surface area contributed by atoms with Crippen molar-refractivity contribution in [1.82, 2.24) is 0 Å². The highest BCUT2D eigenvalue weighted by Crippen LogP contribution is 2.42. The first-order valence-corrected chi connectivity index (χ1v) is 8.68. The van der Waals surface area contributed by atoms with Gasteiger partial charge in [0, 0.05) is 11.1 Å². The Labute approximate surface area is 143 Å². The van der Waals surface area contributed by atoms with Crippen LogP contribution in [0.15, 0.2) is 12.1 Å². The van der Waals surface area contributed by atoms with Gasteiger partial charge < -0.3 is 9.84 Å². The summed E-state index contributed by atoms with van der Waals surface area (Å²) in [7, 11) is 0. The molecule has 0 bridgehead atoms. The van der Waals surface area contributed by atoms with Crippen molar-refractivity contribution in [2.24, 2.45) is 5.92 Å². The Hall–Kier alpha value is -1.02. The van der Waals surface area contributed by atoms with Crippen molar-refractivity contribution in [3.8, 4) is 5.75 Å². The van der Waals surface area contributed by atoms with Crippen molar-refractivity contribution in [1.29, 1.82) is 0 Å². The van der Waals surface area contributed by atoms with E-state index in [0.29, 0.717) is 12.5 Å². The second kappa shape index (κ2) is 6.47. The molecule has 0 radical (unpaired) electrons. The zero-order valence-corrected chi connectivity index (χ0v) is 16.8. The van der Waals surface area contributed by atoms with Crippen LogP contribution >= 0.6 is 0 Å². The largest absolute Gasteiger partial charge is 0.493 e. The smallest absolute Gasteiger partial charge is 0.126 e. The Morgan fingerprint density at radius 3 is 1.52 bits per heavy atom. The van der Waals surface area contributed by atoms with Gasteiger partial charge in [0.1, 0.15) is 5.75 Å². The van der Waals surface area contributed by atoms with E-state index in [9.17, 15) is 5.11 Å². The zero-order valence-electron chi connectivity index (χ0n) is 16.8. The van der Waals surface area contributed by atoms with Gasteiger partial charge in [-0.15, -0.1) is 0 Å². The van der Waals surface area contributed by atoms with Crippen LogP contribution in [-0.2, 0) is 16.4 Å². The SMILES string of the molecule is CC(C)COc1c(C(C)(C)C)cc(C(C)(C)O)cc1C(C)(C)C. The molecule has 0 aliphatic heterocycles. The van der Waals surface area contributed by atoms with Gasteiger partial charge in [-0.3, -0.25) is 0 Å². The van der Waals surface area contributed by atoms with Crippen LogP contribution in [-0.4, -0.2) is 11.7 Å². The molecule has 0 unspecified atom stereocenters. The molecular formula is C21H36O2. The van der Waals surface area contributed by atoms with E-state index in [1.54, 1.807) is 0 Å². The summed E-state index contributed by atoms with van der Waals surface area (Å²) in [6.07, 6.45) is 0. The molecule has 1 rings (SSSR count). The molecule has 1 N–H and O–H groups in total. The Kier molecular flexibility index (Phi) is 5.63. The standard InChI is InChI=1S/C21H36O2/c1-14(2)13-23-18-16(19(3,4)5)11-15(21(9,10)22)12-17(18)20(6,7)8/h11-12,14,22H,13H2,1-10H3. The molecule has 0 amide bonds. The number of aliphatic hydroxyl groups is 1. The van der Waals surface area contributed by atoms with Crippen LogP contribution in [0.4, 0.5) is 0 Å². The lowest BCUT2D eigenvalue weighted by Crippen LogP contribution is -2.24. The highest BCUT2D eigenvalue weighted by molar-refractivity contribution is 5.51. The maximum absolute atomic E-state index is 10.5.